The van der Waals surface area contributed by atoms with Gasteiger partial charge in [-0.15, -0.1) is 12.4 Å². The summed E-state index contributed by atoms with van der Waals surface area (Å²) < 4.78 is 5.38. The van der Waals surface area contributed by atoms with Gasteiger partial charge in [-0.25, -0.2) is 0 Å². The van der Waals surface area contributed by atoms with Gasteiger partial charge in [0, 0.05) is 18.7 Å². The Morgan fingerprint density at radius 2 is 2.05 bits per heavy atom. The van der Waals surface area contributed by atoms with Gasteiger partial charge in [0.05, 0.1) is 6.61 Å². The number of carbonyl (C=O) groups is 1. The van der Waals surface area contributed by atoms with Crippen LogP contribution in [0.5, 0.6) is 5.75 Å². The molecule has 1 unspecified atom stereocenters. The molecule has 112 valence electrons. The predicted octanol–water partition coefficient (Wildman–Crippen LogP) is 2.32. The highest BCUT2D eigenvalue weighted by Crippen LogP contribution is 2.29. The van der Waals surface area contributed by atoms with E-state index in [1.165, 1.54) is 0 Å². The Hall–Kier alpha value is -1.26. The van der Waals surface area contributed by atoms with Crippen molar-refractivity contribution in [3.05, 3.63) is 29.8 Å². The zero-order valence-electron chi connectivity index (χ0n) is 12.1. The third-order valence-corrected chi connectivity index (χ3v) is 3.75. The minimum atomic E-state index is 0. The van der Waals surface area contributed by atoms with E-state index in [2.05, 4.69) is 6.92 Å². The molecule has 0 saturated carbocycles. The van der Waals surface area contributed by atoms with Crippen molar-refractivity contribution in [2.75, 3.05) is 26.2 Å². The van der Waals surface area contributed by atoms with E-state index in [1.807, 2.05) is 36.1 Å². The Bertz CT molecular complexity index is 450. The van der Waals surface area contributed by atoms with Gasteiger partial charge < -0.3 is 15.4 Å². The molecule has 20 heavy (non-hydrogen) atoms. The van der Waals surface area contributed by atoms with Gasteiger partial charge in [0.2, 0.25) is 0 Å². The summed E-state index contributed by atoms with van der Waals surface area (Å²) in [4.78, 5) is 14.3. The first-order valence-electron chi connectivity index (χ1n) is 6.80. The average Bonchev–Trinajstić information content (AvgIpc) is 2.83. The molecular weight excluding hydrogens is 276 g/mol. The van der Waals surface area contributed by atoms with Crippen molar-refractivity contribution < 1.29 is 9.53 Å². The number of rotatable bonds is 4. The van der Waals surface area contributed by atoms with Crippen molar-refractivity contribution in [2.24, 2.45) is 11.1 Å². The SMILES string of the molecule is CCOc1ccc(C(=O)N2CCC(C)(CN)C2)cc1.Cl. The number of hydrogen-bond donors (Lipinski definition) is 1. The third kappa shape index (κ3) is 3.64. The van der Waals surface area contributed by atoms with Crippen LogP contribution in [0.1, 0.15) is 30.6 Å². The van der Waals surface area contributed by atoms with Gasteiger partial charge >= 0.3 is 0 Å². The van der Waals surface area contributed by atoms with Gasteiger partial charge in [-0.2, -0.15) is 0 Å². The zero-order valence-corrected chi connectivity index (χ0v) is 12.9. The lowest BCUT2D eigenvalue weighted by atomic mass is 9.90. The highest BCUT2D eigenvalue weighted by atomic mass is 35.5. The number of nitrogens with two attached hydrogens (primary N) is 1. The van der Waals surface area contributed by atoms with Crippen molar-refractivity contribution in [1.29, 1.82) is 0 Å². The molecule has 4 nitrogen and oxygen atoms in total. The van der Waals surface area contributed by atoms with E-state index in [-0.39, 0.29) is 23.7 Å². The minimum absolute atomic E-state index is 0. The number of benzene rings is 1. The summed E-state index contributed by atoms with van der Waals surface area (Å²) in [5.74, 6) is 0.882. The van der Waals surface area contributed by atoms with Gasteiger partial charge in [-0.1, -0.05) is 6.92 Å². The van der Waals surface area contributed by atoms with Crippen molar-refractivity contribution in [3.63, 3.8) is 0 Å². The molecule has 1 aromatic rings. The van der Waals surface area contributed by atoms with Crippen LogP contribution in [0.4, 0.5) is 0 Å². The highest BCUT2D eigenvalue weighted by molar-refractivity contribution is 5.94. The van der Waals surface area contributed by atoms with Gasteiger partial charge in [-0.05, 0) is 49.6 Å². The molecule has 0 radical (unpaired) electrons. The lowest BCUT2D eigenvalue weighted by Gasteiger charge is -2.22. The Morgan fingerprint density at radius 1 is 1.40 bits per heavy atom. The molecule has 1 fully saturated rings. The molecule has 1 saturated heterocycles. The summed E-state index contributed by atoms with van der Waals surface area (Å²) in [6, 6.07) is 7.33. The van der Waals surface area contributed by atoms with Crippen molar-refractivity contribution >= 4 is 18.3 Å². The van der Waals surface area contributed by atoms with Crippen LogP contribution >= 0.6 is 12.4 Å². The largest absolute Gasteiger partial charge is 0.494 e. The molecule has 0 aliphatic carbocycles. The molecule has 5 heteroatoms. The van der Waals surface area contributed by atoms with Crippen molar-refractivity contribution in [3.8, 4) is 5.75 Å². The topological polar surface area (TPSA) is 55.6 Å². The van der Waals surface area contributed by atoms with Crippen LogP contribution in [0.3, 0.4) is 0 Å². The van der Waals surface area contributed by atoms with Crippen LogP contribution < -0.4 is 10.5 Å². The molecule has 2 N–H and O–H groups in total. The van der Waals surface area contributed by atoms with Crippen LogP contribution in [0, 0.1) is 5.41 Å². The summed E-state index contributed by atoms with van der Waals surface area (Å²) >= 11 is 0. The van der Waals surface area contributed by atoms with Gasteiger partial charge in [-0.3, -0.25) is 4.79 Å². The number of halogens is 1. The van der Waals surface area contributed by atoms with Crippen LogP contribution in [0.15, 0.2) is 24.3 Å². The fourth-order valence-corrected chi connectivity index (χ4v) is 2.41. The second-order valence-corrected chi connectivity index (χ2v) is 5.45. The van der Waals surface area contributed by atoms with E-state index in [4.69, 9.17) is 10.5 Å². The lowest BCUT2D eigenvalue weighted by molar-refractivity contribution is 0.0777. The summed E-state index contributed by atoms with van der Waals surface area (Å²) in [6.07, 6.45) is 0.978. The molecule has 1 amide bonds. The average molecular weight is 299 g/mol. The van der Waals surface area contributed by atoms with Crippen LogP contribution in [-0.4, -0.2) is 37.0 Å². The smallest absolute Gasteiger partial charge is 0.253 e. The fourth-order valence-electron chi connectivity index (χ4n) is 2.41. The van der Waals surface area contributed by atoms with Crippen molar-refractivity contribution in [2.45, 2.75) is 20.3 Å². The maximum Gasteiger partial charge on any atom is 0.253 e. The number of likely N-dealkylation sites (tertiary alicyclic amines) is 1. The first kappa shape index (κ1) is 16.8. The van der Waals surface area contributed by atoms with E-state index in [0.717, 1.165) is 25.3 Å². The van der Waals surface area contributed by atoms with Gasteiger partial charge in [0.15, 0.2) is 0 Å². The molecule has 0 spiro atoms. The molecule has 2 rings (SSSR count). The van der Waals surface area contributed by atoms with Gasteiger partial charge in [0.25, 0.3) is 5.91 Å². The number of ether oxygens (including phenoxy) is 1. The number of nitrogens with zero attached hydrogens (tertiary/aromatic N) is 1. The van der Waals surface area contributed by atoms with Crippen LogP contribution in [0.25, 0.3) is 0 Å². The predicted molar refractivity (Wildman–Crippen MR) is 82.5 cm³/mol. The molecule has 1 aliphatic heterocycles. The van der Waals surface area contributed by atoms with E-state index >= 15 is 0 Å². The summed E-state index contributed by atoms with van der Waals surface area (Å²) in [7, 11) is 0. The van der Waals surface area contributed by atoms with Gasteiger partial charge in [0.1, 0.15) is 5.75 Å². The quantitative estimate of drug-likeness (QED) is 0.928. The molecular formula is C15H23ClN2O2. The maximum absolute atomic E-state index is 12.4. The zero-order chi connectivity index (χ0) is 13.9. The molecule has 1 aromatic carbocycles. The number of hydrogen-bond acceptors (Lipinski definition) is 3. The Morgan fingerprint density at radius 3 is 2.55 bits per heavy atom. The summed E-state index contributed by atoms with van der Waals surface area (Å²) in [6.45, 7) is 6.87. The number of amides is 1. The summed E-state index contributed by atoms with van der Waals surface area (Å²) in [5.41, 5.74) is 6.55. The first-order valence-corrected chi connectivity index (χ1v) is 6.80. The lowest BCUT2D eigenvalue weighted by Crippen LogP contribution is -2.34. The Kier molecular flexibility index (Phi) is 5.84. The molecule has 1 aliphatic rings. The second-order valence-electron chi connectivity index (χ2n) is 5.45. The maximum atomic E-state index is 12.4. The normalized spacial score (nSPS) is 21.4. The highest BCUT2D eigenvalue weighted by Gasteiger charge is 2.35. The number of carbonyl (C=O) groups excluding carboxylic acids is 1. The van der Waals surface area contributed by atoms with Crippen LogP contribution in [-0.2, 0) is 0 Å². The minimum Gasteiger partial charge on any atom is -0.494 e. The summed E-state index contributed by atoms with van der Waals surface area (Å²) in [5, 5.41) is 0. The van der Waals surface area contributed by atoms with E-state index < -0.39 is 0 Å². The molecule has 1 heterocycles. The Balaban J connectivity index is 0.00000200. The Labute approximate surface area is 126 Å². The van der Waals surface area contributed by atoms with E-state index in [9.17, 15) is 4.79 Å². The molecule has 1 atom stereocenters. The first-order chi connectivity index (χ1) is 9.08. The van der Waals surface area contributed by atoms with Crippen molar-refractivity contribution in [1.82, 2.24) is 4.90 Å². The fraction of sp³-hybridized carbons (Fsp3) is 0.533. The van der Waals surface area contributed by atoms with Crippen LogP contribution in [0.2, 0.25) is 0 Å². The molecule has 0 bridgehead atoms. The van der Waals surface area contributed by atoms with E-state index in [1.54, 1.807) is 0 Å². The standard InChI is InChI=1S/C15H22N2O2.ClH/c1-3-19-13-6-4-12(5-7-13)14(18)17-9-8-15(2,10-16)11-17;/h4-7H,3,8-11,16H2,1-2H3;1H. The molecule has 0 aromatic heterocycles. The monoisotopic (exact) mass is 298 g/mol. The van der Waals surface area contributed by atoms with E-state index in [0.29, 0.717) is 18.7 Å². The third-order valence-electron chi connectivity index (χ3n) is 3.75. The second kappa shape index (κ2) is 6.95.